The van der Waals surface area contributed by atoms with Gasteiger partial charge in [0.1, 0.15) is 11.3 Å². The van der Waals surface area contributed by atoms with E-state index in [0.717, 1.165) is 22.2 Å². The lowest BCUT2D eigenvalue weighted by Crippen LogP contribution is -2.01. The third-order valence-electron chi connectivity index (χ3n) is 4.54. The Hall–Kier alpha value is -3.80. The zero-order valence-electron chi connectivity index (χ0n) is 15.2. The largest absolute Gasteiger partial charge is 0.494 e. The number of rotatable bonds is 5. The highest BCUT2D eigenvalue weighted by Crippen LogP contribution is 2.30. The number of methoxy groups -OCH3 is 1. The van der Waals surface area contributed by atoms with E-state index in [0.29, 0.717) is 23.6 Å². The molecule has 0 saturated heterocycles. The van der Waals surface area contributed by atoms with E-state index in [2.05, 4.69) is 17.1 Å². The SMILES string of the molecule is COc1cccc2c(Cc3ccccc3)nc(-c3ccc([N+](=O)[O-])cc3)nc12. The number of hydrogen-bond acceptors (Lipinski definition) is 5. The minimum absolute atomic E-state index is 0.0339. The molecule has 0 aliphatic rings. The average Bonchev–Trinajstić information content (AvgIpc) is 2.74. The maximum absolute atomic E-state index is 10.9. The van der Waals surface area contributed by atoms with Crippen molar-refractivity contribution in [2.75, 3.05) is 7.11 Å². The van der Waals surface area contributed by atoms with Crippen molar-refractivity contribution in [1.29, 1.82) is 0 Å². The first-order chi connectivity index (χ1) is 13.7. The van der Waals surface area contributed by atoms with Crippen LogP contribution >= 0.6 is 0 Å². The molecule has 4 rings (SSSR count). The summed E-state index contributed by atoms with van der Waals surface area (Å²) in [5.41, 5.74) is 3.49. The molecule has 0 unspecified atom stereocenters. The summed E-state index contributed by atoms with van der Waals surface area (Å²) in [6, 6.07) is 22.1. The number of nitrogens with zero attached hydrogens (tertiary/aromatic N) is 3. The fourth-order valence-electron chi connectivity index (χ4n) is 3.14. The van der Waals surface area contributed by atoms with Gasteiger partial charge in [0.05, 0.1) is 17.7 Å². The summed E-state index contributed by atoms with van der Waals surface area (Å²) in [5.74, 6) is 1.18. The van der Waals surface area contributed by atoms with E-state index >= 15 is 0 Å². The highest BCUT2D eigenvalue weighted by molar-refractivity contribution is 5.88. The van der Waals surface area contributed by atoms with Gasteiger partial charge in [0.15, 0.2) is 5.82 Å². The maximum atomic E-state index is 10.9. The second-order valence-corrected chi connectivity index (χ2v) is 6.32. The van der Waals surface area contributed by atoms with Gasteiger partial charge in [-0.1, -0.05) is 42.5 Å². The quantitative estimate of drug-likeness (QED) is 0.372. The van der Waals surface area contributed by atoms with E-state index in [1.807, 2.05) is 36.4 Å². The van der Waals surface area contributed by atoms with Crippen LogP contribution in [-0.4, -0.2) is 22.0 Å². The van der Waals surface area contributed by atoms with Crippen molar-refractivity contribution in [2.45, 2.75) is 6.42 Å². The summed E-state index contributed by atoms with van der Waals surface area (Å²) < 4.78 is 5.49. The molecule has 28 heavy (non-hydrogen) atoms. The lowest BCUT2D eigenvalue weighted by Gasteiger charge is -2.11. The number of nitro benzene ring substituents is 1. The van der Waals surface area contributed by atoms with Crippen LogP contribution in [0.5, 0.6) is 5.75 Å². The standard InChI is InChI=1S/C22H17N3O3/c1-28-20-9-5-8-18-19(14-15-6-3-2-4-7-15)23-22(24-21(18)20)16-10-12-17(13-11-16)25(26)27/h2-13H,14H2,1H3. The number of hydrogen-bond donors (Lipinski definition) is 0. The predicted molar refractivity (Wildman–Crippen MR) is 107 cm³/mol. The van der Waals surface area contributed by atoms with E-state index in [9.17, 15) is 10.1 Å². The molecule has 0 amide bonds. The first kappa shape index (κ1) is 17.6. The van der Waals surface area contributed by atoms with Gasteiger partial charge in [-0.15, -0.1) is 0 Å². The van der Waals surface area contributed by atoms with Gasteiger partial charge in [-0.2, -0.15) is 0 Å². The molecule has 0 bridgehead atoms. The Morgan fingerprint density at radius 1 is 0.929 bits per heavy atom. The second kappa shape index (κ2) is 7.44. The normalized spacial score (nSPS) is 10.8. The molecular weight excluding hydrogens is 354 g/mol. The average molecular weight is 371 g/mol. The van der Waals surface area contributed by atoms with Crippen molar-refractivity contribution in [1.82, 2.24) is 9.97 Å². The van der Waals surface area contributed by atoms with Crippen LogP contribution in [0.4, 0.5) is 5.69 Å². The summed E-state index contributed by atoms with van der Waals surface area (Å²) in [4.78, 5) is 20.0. The molecule has 138 valence electrons. The molecule has 0 radical (unpaired) electrons. The Morgan fingerprint density at radius 3 is 2.36 bits per heavy atom. The van der Waals surface area contributed by atoms with Crippen LogP contribution in [0.15, 0.2) is 72.8 Å². The molecule has 1 aromatic heterocycles. The van der Waals surface area contributed by atoms with Gasteiger partial charge in [0, 0.05) is 29.5 Å². The van der Waals surface area contributed by atoms with Crippen LogP contribution in [0.2, 0.25) is 0 Å². The molecule has 0 fully saturated rings. The molecule has 4 aromatic rings. The summed E-state index contributed by atoms with van der Waals surface area (Å²) in [6.45, 7) is 0. The number of fused-ring (bicyclic) bond motifs is 1. The van der Waals surface area contributed by atoms with Crippen molar-refractivity contribution in [3.8, 4) is 17.1 Å². The van der Waals surface area contributed by atoms with E-state index in [1.54, 1.807) is 19.2 Å². The van der Waals surface area contributed by atoms with Gasteiger partial charge in [0.2, 0.25) is 0 Å². The van der Waals surface area contributed by atoms with E-state index < -0.39 is 4.92 Å². The Labute approximate surface area is 161 Å². The number of ether oxygens (including phenoxy) is 1. The fraction of sp³-hybridized carbons (Fsp3) is 0.0909. The summed E-state index contributed by atoms with van der Waals surface area (Å²) in [5, 5.41) is 11.8. The molecule has 0 spiro atoms. The van der Waals surface area contributed by atoms with Crippen molar-refractivity contribution in [2.24, 2.45) is 0 Å². The Kier molecular flexibility index (Phi) is 4.68. The molecular formula is C22H17N3O3. The van der Waals surface area contributed by atoms with Crippen LogP contribution in [0.1, 0.15) is 11.3 Å². The summed E-state index contributed by atoms with van der Waals surface area (Å²) in [6.07, 6.45) is 0.646. The fourth-order valence-corrected chi connectivity index (χ4v) is 3.14. The predicted octanol–water partition coefficient (Wildman–Crippen LogP) is 4.80. The highest BCUT2D eigenvalue weighted by Gasteiger charge is 2.14. The molecule has 0 N–H and O–H groups in total. The molecule has 1 heterocycles. The van der Waals surface area contributed by atoms with E-state index in [-0.39, 0.29) is 5.69 Å². The van der Waals surface area contributed by atoms with Crippen LogP contribution < -0.4 is 4.74 Å². The smallest absolute Gasteiger partial charge is 0.269 e. The molecule has 0 saturated carbocycles. The minimum atomic E-state index is -0.422. The summed E-state index contributed by atoms with van der Waals surface area (Å²) >= 11 is 0. The minimum Gasteiger partial charge on any atom is -0.494 e. The maximum Gasteiger partial charge on any atom is 0.269 e. The lowest BCUT2D eigenvalue weighted by molar-refractivity contribution is -0.384. The third-order valence-corrected chi connectivity index (χ3v) is 4.54. The van der Waals surface area contributed by atoms with Gasteiger partial charge in [-0.25, -0.2) is 9.97 Å². The van der Waals surface area contributed by atoms with Gasteiger partial charge in [-0.05, 0) is 23.8 Å². The monoisotopic (exact) mass is 371 g/mol. The van der Waals surface area contributed by atoms with Gasteiger partial charge in [0.25, 0.3) is 5.69 Å². The van der Waals surface area contributed by atoms with Crippen LogP contribution in [0, 0.1) is 10.1 Å². The number of benzene rings is 3. The van der Waals surface area contributed by atoms with Gasteiger partial charge < -0.3 is 4.74 Å². The number of non-ortho nitro benzene ring substituents is 1. The van der Waals surface area contributed by atoms with Gasteiger partial charge in [-0.3, -0.25) is 10.1 Å². The Bertz CT molecular complexity index is 1140. The van der Waals surface area contributed by atoms with Crippen LogP contribution in [-0.2, 0) is 6.42 Å². The zero-order valence-corrected chi connectivity index (χ0v) is 15.2. The Balaban J connectivity index is 1.88. The number of para-hydroxylation sites is 1. The summed E-state index contributed by atoms with van der Waals surface area (Å²) in [7, 11) is 1.61. The van der Waals surface area contributed by atoms with Crippen molar-refractivity contribution >= 4 is 16.6 Å². The number of nitro groups is 1. The molecule has 3 aromatic carbocycles. The van der Waals surface area contributed by atoms with Crippen LogP contribution in [0.25, 0.3) is 22.3 Å². The Morgan fingerprint density at radius 2 is 1.68 bits per heavy atom. The molecule has 0 aliphatic heterocycles. The molecule has 0 aliphatic carbocycles. The lowest BCUT2D eigenvalue weighted by atomic mass is 10.0. The van der Waals surface area contributed by atoms with E-state index in [1.165, 1.54) is 12.1 Å². The molecule has 6 nitrogen and oxygen atoms in total. The number of aromatic nitrogens is 2. The zero-order chi connectivity index (χ0) is 19.5. The topological polar surface area (TPSA) is 78.2 Å². The highest BCUT2D eigenvalue weighted by atomic mass is 16.6. The first-order valence-electron chi connectivity index (χ1n) is 8.78. The second-order valence-electron chi connectivity index (χ2n) is 6.32. The van der Waals surface area contributed by atoms with Crippen molar-refractivity contribution < 1.29 is 9.66 Å². The van der Waals surface area contributed by atoms with Gasteiger partial charge >= 0.3 is 0 Å². The van der Waals surface area contributed by atoms with Crippen molar-refractivity contribution in [3.05, 3.63) is 94.2 Å². The molecule has 0 atom stereocenters. The van der Waals surface area contributed by atoms with Crippen LogP contribution in [0.3, 0.4) is 0 Å². The van der Waals surface area contributed by atoms with Crippen molar-refractivity contribution in [3.63, 3.8) is 0 Å². The third kappa shape index (κ3) is 3.40. The van der Waals surface area contributed by atoms with E-state index in [4.69, 9.17) is 9.72 Å². The first-order valence-corrected chi connectivity index (χ1v) is 8.78. The molecule has 6 heteroatoms.